The largest absolute Gasteiger partial charge is 0.365 e. The van der Waals surface area contributed by atoms with Gasteiger partial charge < -0.3 is 10.6 Å². The van der Waals surface area contributed by atoms with Crippen molar-refractivity contribution in [1.29, 1.82) is 0 Å². The third-order valence-electron chi connectivity index (χ3n) is 4.05. The number of fused-ring (bicyclic) bond motifs is 1. The Morgan fingerprint density at radius 1 is 1.30 bits per heavy atom. The molecule has 0 radical (unpaired) electrons. The van der Waals surface area contributed by atoms with Gasteiger partial charge in [0.1, 0.15) is 5.82 Å². The normalized spacial score (nSPS) is 17.7. The zero-order chi connectivity index (χ0) is 15.8. The SMILES string of the molecule is Cc1c(Br)sc2c(NC3CCNC3)nc(-c3ccncc3)nc12. The van der Waals surface area contributed by atoms with Crippen LogP contribution >= 0.6 is 27.3 Å². The summed E-state index contributed by atoms with van der Waals surface area (Å²) < 4.78 is 2.22. The monoisotopic (exact) mass is 389 g/mol. The van der Waals surface area contributed by atoms with Crippen LogP contribution < -0.4 is 10.6 Å². The molecule has 0 aromatic carbocycles. The number of pyridine rings is 1. The molecule has 23 heavy (non-hydrogen) atoms. The van der Waals surface area contributed by atoms with E-state index in [0.717, 1.165) is 56.3 Å². The van der Waals surface area contributed by atoms with E-state index in [1.54, 1.807) is 23.7 Å². The number of hydrogen-bond acceptors (Lipinski definition) is 6. The third kappa shape index (κ3) is 2.84. The van der Waals surface area contributed by atoms with Gasteiger partial charge >= 0.3 is 0 Å². The maximum Gasteiger partial charge on any atom is 0.162 e. The van der Waals surface area contributed by atoms with Crippen LogP contribution in [0.5, 0.6) is 0 Å². The number of aryl methyl sites for hydroxylation is 1. The summed E-state index contributed by atoms with van der Waals surface area (Å²) in [5, 5.41) is 6.98. The van der Waals surface area contributed by atoms with E-state index >= 15 is 0 Å². The lowest BCUT2D eigenvalue weighted by Crippen LogP contribution is -2.22. The molecule has 5 nitrogen and oxygen atoms in total. The Kier molecular flexibility index (Phi) is 4.00. The van der Waals surface area contributed by atoms with Crippen molar-refractivity contribution in [3.05, 3.63) is 33.9 Å². The van der Waals surface area contributed by atoms with Gasteiger partial charge in [-0.3, -0.25) is 4.98 Å². The van der Waals surface area contributed by atoms with Crippen LogP contribution in [0.15, 0.2) is 28.3 Å². The molecule has 3 aromatic heterocycles. The van der Waals surface area contributed by atoms with Gasteiger partial charge in [0.25, 0.3) is 0 Å². The third-order valence-corrected chi connectivity index (χ3v) is 6.20. The van der Waals surface area contributed by atoms with Gasteiger partial charge in [-0.25, -0.2) is 9.97 Å². The van der Waals surface area contributed by atoms with Crippen LogP contribution in [0.25, 0.3) is 21.6 Å². The van der Waals surface area contributed by atoms with Gasteiger partial charge in [-0.05, 0) is 48.0 Å². The second kappa shape index (κ2) is 6.14. The molecule has 0 spiro atoms. The van der Waals surface area contributed by atoms with Crippen LogP contribution in [0.1, 0.15) is 12.0 Å². The number of nitrogens with one attached hydrogen (secondary N) is 2. The first-order chi connectivity index (χ1) is 11.2. The van der Waals surface area contributed by atoms with Crippen molar-refractivity contribution in [3.63, 3.8) is 0 Å². The zero-order valence-electron chi connectivity index (χ0n) is 12.6. The van der Waals surface area contributed by atoms with Crippen LogP contribution in [-0.2, 0) is 0 Å². The predicted molar refractivity (Wildman–Crippen MR) is 98.0 cm³/mol. The first-order valence-electron chi connectivity index (χ1n) is 7.56. The number of rotatable bonds is 3. The van der Waals surface area contributed by atoms with E-state index in [9.17, 15) is 0 Å². The summed E-state index contributed by atoms with van der Waals surface area (Å²) in [7, 11) is 0. The second-order valence-corrected chi connectivity index (χ2v) is 7.98. The molecular formula is C16H16BrN5S. The van der Waals surface area contributed by atoms with E-state index in [1.165, 1.54) is 0 Å². The number of halogens is 1. The topological polar surface area (TPSA) is 62.7 Å². The highest BCUT2D eigenvalue weighted by molar-refractivity contribution is 9.11. The Morgan fingerprint density at radius 2 is 2.13 bits per heavy atom. The van der Waals surface area contributed by atoms with Gasteiger partial charge in [-0.15, -0.1) is 11.3 Å². The Morgan fingerprint density at radius 3 is 2.87 bits per heavy atom. The molecular weight excluding hydrogens is 374 g/mol. The molecule has 0 saturated carbocycles. The summed E-state index contributed by atoms with van der Waals surface area (Å²) in [5.41, 5.74) is 3.16. The number of anilines is 1. The minimum atomic E-state index is 0.416. The lowest BCUT2D eigenvalue weighted by atomic mass is 10.2. The zero-order valence-corrected chi connectivity index (χ0v) is 15.0. The molecule has 7 heteroatoms. The highest BCUT2D eigenvalue weighted by Crippen LogP contribution is 2.38. The van der Waals surface area contributed by atoms with E-state index in [-0.39, 0.29) is 0 Å². The van der Waals surface area contributed by atoms with Crippen molar-refractivity contribution in [3.8, 4) is 11.4 Å². The van der Waals surface area contributed by atoms with Crippen molar-refractivity contribution in [2.24, 2.45) is 0 Å². The summed E-state index contributed by atoms with van der Waals surface area (Å²) in [6.07, 6.45) is 4.65. The Bertz CT molecular complexity index is 843. The molecule has 4 rings (SSSR count). The minimum absolute atomic E-state index is 0.416. The smallest absolute Gasteiger partial charge is 0.162 e. The van der Waals surface area contributed by atoms with Crippen molar-refractivity contribution < 1.29 is 0 Å². The first-order valence-corrected chi connectivity index (χ1v) is 9.17. The number of thiophene rings is 1. The van der Waals surface area contributed by atoms with Crippen molar-refractivity contribution in [2.75, 3.05) is 18.4 Å². The van der Waals surface area contributed by atoms with E-state index in [2.05, 4.69) is 38.5 Å². The van der Waals surface area contributed by atoms with Gasteiger partial charge in [0.2, 0.25) is 0 Å². The fourth-order valence-electron chi connectivity index (χ4n) is 2.76. The quantitative estimate of drug-likeness (QED) is 0.716. The Balaban J connectivity index is 1.86. The first kappa shape index (κ1) is 15.0. The van der Waals surface area contributed by atoms with E-state index in [4.69, 9.17) is 9.97 Å². The number of aromatic nitrogens is 3. The second-order valence-electron chi connectivity index (χ2n) is 5.64. The molecule has 0 aliphatic carbocycles. The van der Waals surface area contributed by atoms with Crippen molar-refractivity contribution in [1.82, 2.24) is 20.3 Å². The van der Waals surface area contributed by atoms with E-state index in [0.29, 0.717) is 6.04 Å². The number of nitrogens with zero attached hydrogens (tertiary/aromatic N) is 3. The fourth-order valence-corrected chi connectivity index (χ4v) is 4.36. The predicted octanol–water partition coefficient (Wildman–Crippen LogP) is 3.60. The van der Waals surface area contributed by atoms with Crippen LogP contribution in [0.4, 0.5) is 5.82 Å². The molecule has 0 bridgehead atoms. The lowest BCUT2D eigenvalue weighted by Gasteiger charge is -2.13. The molecule has 1 fully saturated rings. The Hall–Kier alpha value is -1.57. The van der Waals surface area contributed by atoms with Crippen LogP contribution in [0.2, 0.25) is 0 Å². The van der Waals surface area contributed by atoms with Crippen LogP contribution in [0.3, 0.4) is 0 Å². The van der Waals surface area contributed by atoms with Gasteiger partial charge in [0, 0.05) is 36.1 Å². The molecule has 1 unspecified atom stereocenters. The van der Waals surface area contributed by atoms with E-state index < -0.39 is 0 Å². The van der Waals surface area contributed by atoms with Gasteiger partial charge in [-0.2, -0.15) is 0 Å². The lowest BCUT2D eigenvalue weighted by molar-refractivity contribution is 0.789. The molecule has 0 amide bonds. The average molecular weight is 390 g/mol. The highest BCUT2D eigenvalue weighted by atomic mass is 79.9. The molecule has 1 aliphatic rings. The van der Waals surface area contributed by atoms with Gasteiger partial charge in [0.15, 0.2) is 5.82 Å². The van der Waals surface area contributed by atoms with Crippen molar-refractivity contribution >= 4 is 43.3 Å². The maximum atomic E-state index is 4.80. The molecule has 1 aliphatic heterocycles. The molecule has 4 heterocycles. The molecule has 1 atom stereocenters. The standard InChI is InChI=1S/C16H16BrN5S/c1-9-12-13(23-14(9)17)16(20-11-4-7-19-8-11)22-15(21-12)10-2-5-18-6-3-10/h2-3,5-6,11,19H,4,7-8H2,1H3,(H,20,21,22). The molecule has 1 saturated heterocycles. The van der Waals surface area contributed by atoms with E-state index in [1.807, 2.05) is 12.1 Å². The fraction of sp³-hybridized carbons (Fsp3) is 0.312. The summed E-state index contributed by atoms with van der Waals surface area (Å²) in [6, 6.07) is 4.30. The van der Waals surface area contributed by atoms with Crippen LogP contribution in [-0.4, -0.2) is 34.1 Å². The average Bonchev–Trinajstić information content (AvgIpc) is 3.18. The summed E-state index contributed by atoms with van der Waals surface area (Å²) in [5.74, 6) is 1.66. The summed E-state index contributed by atoms with van der Waals surface area (Å²) in [6.45, 7) is 4.12. The summed E-state index contributed by atoms with van der Waals surface area (Å²) in [4.78, 5) is 13.7. The molecule has 118 valence electrons. The highest BCUT2D eigenvalue weighted by Gasteiger charge is 2.20. The van der Waals surface area contributed by atoms with Crippen LogP contribution in [0, 0.1) is 6.92 Å². The van der Waals surface area contributed by atoms with Crippen molar-refractivity contribution in [2.45, 2.75) is 19.4 Å². The summed E-state index contributed by atoms with van der Waals surface area (Å²) >= 11 is 5.33. The molecule has 2 N–H and O–H groups in total. The molecule has 3 aromatic rings. The maximum absolute atomic E-state index is 4.80. The minimum Gasteiger partial charge on any atom is -0.365 e. The van der Waals surface area contributed by atoms with Gasteiger partial charge in [-0.1, -0.05) is 0 Å². The Labute approximate surface area is 146 Å². The van der Waals surface area contributed by atoms with Gasteiger partial charge in [0.05, 0.1) is 14.0 Å². The number of hydrogen-bond donors (Lipinski definition) is 2.